The zero-order chi connectivity index (χ0) is 15.6. The lowest BCUT2D eigenvalue weighted by atomic mass is 9.96. The number of aromatic nitrogens is 3. The summed E-state index contributed by atoms with van der Waals surface area (Å²) in [7, 11) is 0. The van der Waals surface area contributed by atoms with Crippen molar-refractivity contribution in [1.29, 1.82) is 0 Å². The second-order valence-corrected chi connectivity index (χ2v) is 7.05. The molecule has 0 radical (unpaired) electrons. The largest absolute Gasteiger partial charge is 0.368 e. The van der Waals surface area contributed by atoms with Crippen LogP contribution in [-0.2, 0) is 11.3 Å². The van der Waals surface area contributed by atoms with Crippen LogP contribution in [-0.4, -0.2) is 37.5 Å². The Kier molecular flexibility index (Phi) is 4.77. The highest BCUT2D eigenvalue weighted by molar-refractivity contribution is 7.99. The molecule has 118 valence electrons. The van der Waals surface area contributed by atoms with Gasteiger partial charge in [0.05, 0.1) is 5.54 Å². The predicted octanol–water partition coefficient (Wildman–Crippen LogP) is 0.458. The number of nitrogens with two attached hydrogens (primary N) is 1. The summed E-state index contributed by atoms with van der Waals surface area (Å²) in [6.07, 6.45) is 2.26. The molecule has 0 aromatic carbocycles. The Morgan fingerprint density at radius 3 is 2.95 bits per heavy atom. The SMILES string of the molecule is CCn1c(SC2CCC(NC(C)C)(C(N)=O)C2)n[nH]c1=O. The van der Waals surface area contributed by atoms with Crippen LogP contribution >= 0.6 is 11.8 Å². The van der Waals surface area contributed by atoms with Gasteiger partial charge in [0.2, 0.25) is 5.91 Å². The zero-order valence-corrected chi connectivity index (χ0v) is 13.5. The molecule has 0 bridgehead atoms. The Bertz CT molecular complexity index is 567. The summed E-state index contributed by atoms with van der Waals surface area (Å²) in [6.45, 7) is 6.50. The molecule has 2 atom stereocenters. The number of hydrogen-bond donors (Lipinski definition) is 3. The number of primary amides is 1. The summed E-state index contributed by atoms with van der Waals surface area (Å²) in [5.41, 5.74) is 4.77. The van der Waals surface area contributed by atoms with Crippen LogP contribution < -0.4 is 16.7 Å². The highest BCUT2D eigenvalue weighted by Gasteiger charge is 2.44. The molecule has 1 heterocycles. The number of rotatable bonds is 6. The van der Waals surface area contributed by atoms with Crippen molar-refractivity contribution in [2.45, 2.75) is 68.6 Å². The summed E-state index contributed by atoms with van der Waals surface area (Å²) in [5, 5.41) is 10.7. The molecule has 1 aromatic rings. The summed E-state index contributed by atoms with van der Waals surface area (Å²) in [4.78, 5) is 23.4. The van der Waals surface area contributed by atoms with E-state index in [1.807, 2.05) is 20.8 Å². The number of aromatic amines is 1. The Hall–Kier alpha value is -1.28. The van der Waals surface area contributed by atoms with Crippen molar-refractivity contribution in [2.24, 2.45) is 5.73 Å². The fraction of sp³-hybridized carbons (Fsp3) is 0.769. The molecule has 1 aromatic heterocycles. The fourth-order valence-electron chi connectivity index (χ4n) is 2.90. The molecule has 1 aliphatic rings. The third-order valence-electron chi connectivity index (χ3n) is 3.82. The van der Waals surface area contributed by atoms with Crippen molar-refractivity contribution in [1.82, 2.24) is 20.1 Å². The van der Waals surface area contributed by atoms with Crippen molar-refractivity contribution >= 4 is 17.7 Å². The summed E-state index contributed by atoms with van der Waals surface area (Å²) < 4.78 is 1.60. The number of hydrogen-bond acceptors (Lipinski definition) is 5. The van der Waals surface area contributed by atoms with E-state index in [1.165, 1.54) is 0 Å². The molecule has 1 aliphatic carbocycles. The van der Waals surface area contributed by atoms with E-state index in [4.69, 9.17) is 5.73 Å². The first-order valence-corrected chi connectivity index (χ1v) is 8.15. The van der Waals surface area contributed by atoms with Gasteiger partial charge in [-0.25, -0.2) is 9.89 Å². The summed E-state index contributed by atoms with van der Waals surface area (Å²) in [6, 6.07) is 0.195. The van der Waals surface area contributed by atoms with Crippen LogP contribution in [0.1, 0.15) is 40.0 Å². The lowest BCUT2D eigenvalue weighted by Crippen LogP contribution is -2.56. The molecular formula is C13H23N5O2S. The van der Waals surface area contributed by atoms with Crippen LogP contribution in [0.2, 0.25) is 0 Å². The first-order chi connectivity index (χ1) is 9.88. The van der Waals surface area contributed by atoms with Gasteiger partial charge in [-0.1, -0.05) is 11.8 Å². The maximum Gasteiger partial charge on any atom is 0.343 e. The lowest BCUT2D eigenvalue weighted by Gasteiger charge is -2.29. The van der Waals surface area contributed by atoms with Crippen molar-refractivity contribution in [2.75, 3.05) is 0 Å². The minimum Gasteiger partial charge on any atom is -0.368 e. The van der Waals surface area contributed by atoms with E-state index in [2.05, 4.69) is 15.5 Å². The zero-order valence-electron chi connectivity index (χ0n) is 12.7. The van der Waals surface area contributed by atoms with E-state index >= 15 is 0 Å². The van der Waals surface area contributed by atoms with Crippen molar-refractivity contribution < 1.29 is 4.79 Å². The first-order valence-electron chi connectivity index (χ1n) is 7.27. The van der Waals surface area contributed by atoms with Gasteiger partial charge in [0, 0.05) is 17.8 Å². The number of nitrogens with zero attached hydrogens (tertiary/aromatic N) is 2. The predicted molar refractivity (Wildman–Crippen MR) is 82.2 cm³/mol. The summed E-state index contributed by atoms with van der Waals surface area (Å²) in [5.74, 6) is -0.297. The Labute approximate surface area is 128 Å². The number of amides is 1. The minimum atomic E-state index is -0.639. The van der Waals surface area contributed by atoms with Gasteiger partial charge in [-0.2, -0.15) is 0 Å². The van der Waals surface area contributed by atoms with E-state index in [-0.39, 0.29) is 22.9 Å². The van der Waals surface area contributed by atoms with Crippen molar-refractivity contribution in [3.05, 3.63) is 10.5 Å². The fourth-order valence-corrected chi connectivity index (χ4v) is 4.24. The lowest BCUT2D eigenvalue weighted by molar-refractivity contribution is -0.124. The van der Waals surface area contributed by atoms with Crippen LogP contribution in [0.25, 0.3) is 0 Å². The van der Waals surface area contributed by atoms with Crippen LogP contribution in [0.5, 0.6) is 0 Å². The van der Waals surface area contributed by atoms with Crippen molar-refractivity contribution in [3.63, 3.8) is 0 Å². The third-order valence-corrected chi connectivity index (χ3v) is 5.08. The molecule has 2 unspecified atom stereocenters. The monoisotopic (exact) mass is 313 g/mol. The molecule has 1 fully saturated rings. The molecule has 4 N–H and O–H groups in total. The topological polar surface area (TPSA) is 106 Å². The second-order valence-electron chi connectivity index (χ2n) is 5.78. The quantitative estimate of drug-likeness (QED) is 0.707. The number of carbonyl (C=O) groups is 1. The maximum absolute atomic E-state index is 11.9. The van der Waals surface area contributed by atoms with Crippen molar-refractivity contribution in [3.8, 4) is 0 Å². The van der Waals surface area contributed by atoms with Crippen LogP contribution in [0, 0.1) is 0 Å². The van der Waals surface area contributed by atoms with Crippen LogP contribution in [0.3, 0.4) is 0 Å². The number of nitrogens with one attached hydrogen (secondary N) is 2. The van der Waals surface area contributed by atoms with Gasteiger partial charge in [0.25, 0.3) is 0 Å². The molecule has 7 nitrogen and oxygen atoms in total. The highest BCUT2D eigenvalue weighted by atomic mass is 32.2. The standard InChI is InChI=1S/C13H23N5O2S/c1-4-18-11(20)16-17-12(18)21-9-5-6-13(7-9,10(14)19)15-8(2)3/h8-9,15H,4-7H2,1-3H3,(H2,14,19)(H,16,20). The normalized spacial score (nSPS) is 25.6. The number of carbonyl (C=O) groups excluding carboxylic acids is 1. The van der Waals surface area contributed by atoms with Gasteiger partial charge in [-0.3, -0.25) is 9.36 Å². The van der Waals surface area contributed by atoms with Gasteiger partial charge in [-0.15, -0.1) is 5.10 Å². The molecule has 0 spiro atoms. The maximum atomic E-state index is 11.9. The van der Waals surface area contributed by atoms with Crippen LogP contribution in [0.4, 0.5) is 0 Å². The van der Waals surface area contributed by atoms with Gasteiger partial charge in [0.1, 0.15) is 0 Å². The van der Waals surface area contributed by atoms with E-state index in [9.17, 15) is 9.59 Å². The van der Waals surface area contributed by atoms with Gasteiger partial charge >= 0.3 is 5.69 Å². The first kappa shape index (κ1) is 16.1. The van der Waals surface area contributed by atoms with Crippen LogP contribution in [0.15, 0.2) is 9.95 Å². The Balaban J connectivity index is 2.10. The second kappa shape index (κ2) is 6.23. The third kappa shape index (κ3) is 3.32. The highest BCUT2D eigenvalue weighted by Crippen LogP contribution is 2.39. The van der Waals surface area contributed by atoms with E-state index in [1.54, 1.807) is 16.3 Å². The van der Waals surface area contributed by atoms with Gasteiger partial charge in [-0.05, 0) is 40.0 Å². The molecule has 1 saturated carbocycles. The molecule has 0 saturated heterocycles. The molecule has 21 heavy (non-hydrogen) atoms. The smallest absolute Gasteiger partial charge is 0.343 e. The number of thioether (sulfide) groups is 1. The minimum absolute atomic E-state index is 0.195. The summed E-state index contributed by atoms with van der Waals surface area (Å²) >= 11 is 1.54. The average Bonchev–Trinajstić information content (AvgIpc) is 2.95. The van der Waals surface area contributed by atoms with Gasteiger partial charge < -0.3 is 11.1 Å². The Morgan fingerprint density at radius 2 is 2.38 bits per heavy atom. The van der Waals surface area contributed by atoms with E-state index in [0.29, 0.717) is 18.1 Å². The molecule has 0 aliphatic heterocycles. The Morgan fingerprint density at radius 1 is 1.67 bits per heavy atom. The van der Waals surface area contributed by atoms with E-state index < -0.39 is 5.54 Å². The average molecular weight is 313 g/mol. The molecule has 8 heteroatoms. The number of H-pyrrole nitrogens is 1. The molecular weight excluding hydrogens is 290 g/mol. The molecule has 1 amide bonds. The van der Waals surface area contributed by atoms with Gasteiger partial charge in [0.15, 0.2) is 5.16 Å². The molecule has 2 rings (SSSR count). The van der Waals surface area contributed by atoms with E-state index in [0.717, 1.165) is 12.8 Å².